The van der Waals surface area contributed by atoms with Gasteiger partial charge in [0.05, 0.1) is 6.61 Å². The molecule has 0 heterocycles. The Morgan fingerprint density at radius 2 is 2.00 bits per heavy atom. The van der Waals surface area contributed by atoms with Crippen molar-refractivity contribution in [1.29, 1.82) is 0 Å². The number of halogens is 1. The van der Waals surface area contributed by atoms with Gasteiger partial charge >= 0.3 is 0 Å². The van der Waals surface area contributed by atoms with Crippen LogP contribution in [0.4, 0.5) is 0 Å². The topological polar surface area (TPSA) is 21.3 Å². The molecule has 0 saturated carbocycles. The average molecular weight is 270 g/mol. The van der Waals surface area contributed by atoms with Gasteiger partial charge in [-0.15, -0.1) is 0 Å². The Balaban J connectivity index is 2.74. The molecular formula is C15H24ClNO. The van der Waals surface area contributed by atoms with Crippen LogP contribution in [-0.4, -0.2) is 12.1 Å². The molecule has 0 aromatic heterocycles. The molecule has 1 rings (SSSR count). The summed E-state index contributed by atoms with van der Waals surface area (Å²) in [4.78, 5) is 0. The van der Waals surface area contributed by atoms with Gasteiger partial charge in [-0.05, 0) is 39.3 Å². The van der Waals surface area contributed by atoms with E-state index in [4.69, 9.17) is 16.3 Å². The second-order valence-corrected chi connectivity index (χ2v) is 5.93. The molecule has 0 spiro atoms. The Morgan fingerprint density at radius 3 is 2.61 bits per heavy atom. The minimum absolute atomic E-state index is 0.0693. The van der Waals surface area contributed by atoms with Gasteiger partial charge in [0.15, 0.2) is 0 Å². The summed E-state index contributed by atoms with van der Waals surface area (Å²) >= 11 is 6.25. The van der Waals surface area contributed by atoms with Crippen LogP contribution in [0, 0.1) is 0 Å². The van der Waals surface area contributed by atoms with Crippen molar-refractivity contribution in [3.05, 3.63) is 28.8 Å². The molecule has 2 nitrogen and oxygen atoms in total. The van der Waals surface area contributed by atoms with Crippen LogP contribution in [0.5, 0.6) is 5.75 Å². The molecule has 1 aromatic carbocycles. The predicted molar refractivity (Wildman–Crippen MR) is 78.4 cm³/mol. The average Bonchev–Trinajstić information content (AvgIpc) is 2.27. The first-order valence-corrected chi connectivity index (χ1v) is 6.97. The van der Waals surface area contributed by atoms with Gasteiger partial charge in [-0.25, -0.2) is 0 Å². The van der Waals surface area contributed by atoms with Gasteiger partial charge in [0.2, 0.25) is 0 Å². The summed E-state index contributed by atoms with van der Waals surface area (Å²) in [5.74, 6) is 0.896. The molecule has 0 aliphatic heterocycles. The highest BCUT2D eigenvalue weighted by Crippen LogP contribution is 2.27. The van der Waals surface area contributed by atoms with E-state index in [0.29, 0.717) is 0 Å². The lowest BCUT2D eigenvalue weighted by molar-refractivity contribution is 0.303. The lowest BCUT2D eigenvalue weighted by Gasteiger charge is -2.22. The maximum Gasteiger partial charge on any atom is 0.125 e. The highest BCUT2D eigenvalue weighted by Gasteiger charge is 2.13. The van der Waals surface area contributed by atoms with E-state index in [2.05, 4.69) is 33.0 Å². The van der Waals surface area contributed by atoms with E-state index >= 15 is 0 Å². The summed E-state index contributed by atoms with van der Waals surface area (Å²) in [5, 5.41) is 4.21. The summed E-state index contributed by atoms with van der Waals surface area (Å²) < 4.78 is 5.80. The zero-order valence-corrected chi connectivity index (χ0v) is 12.6. The fourth-order valence-corrected chi connectivity index (χ4v) is 1.76. The Kier molecular flexibility index (Phi) is 5.97. The Morgan fingerprint density at radius 1 is 1.28 bits per heavy atom. The van der Waals surface area contributed by atoms with E-state index in [1.807, 2.05) is 18.2 Å². The monoisotopic (exact) mass is 269 g/mol. The molecule has 0 amide bonds. The molecule has 18 heavy (non-hydrogen) atoms. The molecule has 102 valence electrons. The number of hydrogen-bond donors (Lipinski definition) is 1. The van der Waals surface area contributed by atoms with Gasteiger partial charge in [0.25, 0.3) is 0 Å². The molecule has 0 bridgehead atoms. The van der Waals surface area contributed by atoms with E-state index in [0.717, 1.165) is 42.3 Å². The van der Waals surface area contributed by atoms with Crippen molar-refractivity contribution in [2.24, 2.45) is 0 Å². The minimum atomic E-state index is 0.0693. The van der Waals surface area contributed by atoms with Crippen molar-refractivity contribution in [1.82, 2.24) is 5.32 Å². The van der Waals surface area contributed by atoms with Crippen molar-refractivity contribution in [3.8, 4) is 5.75 Å². The molecule has 0 aliphatic rings. The second-order valence-electron chi connectivity index (χ2n) is 5.52. The van der Waals surface area contributed by atoms with Gasteiger partial charge in [-0.1, -0.05) is 31.0 Å². The molecule has 1 N–H and O–H groups in total. The summed E-state index contributed by atoms with van der Waals surface area (Å²) in [6.07, 6.45) is 2.20. The summed E-state index contributed by atoms with van der Waals surface area (Å²) in [7, 11) is 0. The predicted octanol–water partition coefficient (Wildman–Crippen LogP) is 4.41. The van der Waals surface area contributed by atoms with Gasteiger partial charge in [-0.3, -0.25) is 0 Å². The van der Waals surface area contributed by atoms with Crippen LogP contribution in [0.25, 0.3) is 0 Å². The smallest absolute Gasteiger partial charge is 0.125 e. The lowest BCUT2D eigenvalue weighted by Crippen LogP contribution is -2.35. The quantitative estimate of drug-likeness (QED) is 0.773. The maximum absolute atomic E-state index is 6.25. The third-order valence-electron chi connectivity index (χ3n) is 2.63. The van der Waals surface area contributed by atoms with E-state index < -0.39 is 0 Å². The number of nitrogens with one attached hydrogen (secondary N) is 1. The number of rotatable bonds is 6. The van der Waals surface area contributed by atoms with E-state index in [1.54, 1.807) is 0 Å². The number of benzene rings is 1. The number of hydrogen-bond acceptors (Lipinski definition) is 2. The molecule has 1 aromatic rings. The molecule has 0 unspecified atom stereocenters. The van der Waals surface area contributed by atoms with E-state index in [9.17, 15) is 0 Å². The minimum Gasteiger partial charge on any atom is -0.493 e. The highest BCUT2D eigenvalue weighted by atomic mass is 35.5. The zero-order valence-electron chi connectivity index (χ0n) is 11.8. The van der Waals surface area contributed by atoms with Crippen molar-refractivity contribution < 1.29 is 4.74 Å². The third kappa shape index (κ3) is 5.28. The van der Waals surface area contributed by atoms with Crippen LogP contribution in [0.15, 0.2) is 18.2 Å². The van der Waals surface area contributed by atoms with Gasteiger partial charge in [0.1, 0.15) is 5.75 Å². The number of ether oxygens (including phenoxy) is 1. The SMILES string of the molecule is CCCCOc1cccc(Cl)c1CNC(C)(C)C. The Bertz CT molecular complexity index is 371. The van der Waals surface area contributed by atoms with Gasteiger partial charge in [0, 0.05) is 22.7 Å². The molecule has 0 saturated heterocycles. The Hall–Kier alpha value is -0.730. The summed E-state index contributed by atoms with van der Waals surface area (Å²) in [6.45, 7) is 10.1. The van der Waals surface area contributed by atoms with Crippen molar-refractivity contribution in [2.75, 3.05) is 6.61 Å². The zero-order chi connectivity index (χ0) is 13.6. The lowest BCUT2D eigenvalue weighted by atomic mass is 10.1. The maximum atomic E-state index is 6.25. The van der Waals surface area contributed by atoms with Gasteiger partial charge < -0.3 is 10.1 Å². The molecule has 3 heteroatoms. The van der Waals surface area contributed by atoms with Crippen molar-refractivity contribution >= 4 is 11.6 Å². The first kappa shape index (κ1) is 15.3. The summed E-state index contributed by atoms with van der Waals surface area (Å²) in [6, 6.07) is 5.83. The molecule has 0 atom stereocenters. The normalized spacial score (nSPS) is 11.6. The van der Waals surface area contributed by atoms with Crippen LogP contribution >= 0.6 is 11.6 Å². The largest absolute Gasteiger partial charge is 0.493 e. The van der Waals surface area contributed by atoms with Crippen LogP contribution in [0.1, 0.15) is 46.1 Å². The van der Waals surface area contributed by atoms with Crippen molar-refractivity contribution in [3.63, 3.8) is 0 Å². The molecule has 0 fully saturated rings. The van der Waals surface area contributed by atoms with Gasteiger partial charge in [-0.2, -0.15) is 0 Å². The van der Waals surface area contributed by atoms with Crippen molar-refractivity contribution in [2.45, 2.75) is 52.6 Å². The van der Waals surface area contributed by atoms with E-state index in [1.165, 1.54) is 0 Å². The fraction of sp³-hybridized carbons (Fsp3) is 0.600. The molecular weight excluding hydrogens is 246 g/mol. The Labute approximate surface area is 116 Å². The molecule has 0 aliphatic carbocycles. The second kappa shape index (κ2) is 7.01. The first-order chi connectivity index (χ1) is 8.44. The fourth-order valence-electron chi connectivity index (χ4n) is 1.53. The standard InChI is InChI=1S/C15H24ClNO/c1-5-6-10-18-14-9-7-8-13(16)12(14)11-17-15(2,3)4/h7-9,17H,5-6,10-11H2,1-4H3. The van der Waals surface area contributed by atoms with E-state index in [-0.39, 0.29) is 5.54 Å². The van der Waals surface area contributed by atoms with Crippen LogP contribution in [0.3, 0.4) is 0 Å². The number of unbranched alkanes of at least 4 members (excludes halogenated alkanes) is 1. The first-order valence-electron chi connectivity index (χ1n) is 6.59. The van der Waals surface area contributed by atoms with Crippen LogP contribution in [0.2, 0.25) is 5.02 Å². The molecule has 0 radical (unpaired) electrons. The highest BCUT2D eigenvalue weighted by molar-refractivity contribution is 6.31. The van der Waals surface area contributed by atoms with Crippen LogP contribution in [-0.2, 0) is 6.54 Å². The van der Waals surface area contributed by atoms with Crippen LogP contribution < -0.4 is 10.1 Å². The third-order valence-corrected chi connectivity index (χ3v) is 2.98. The summed E-state index contributed by atoms with van der Waals surface area (Å²) in [5.41, 5.74) is 1.12.